The Bertz CT molecular complexity index is 1160. The molecule has 7 heteroatoms. The van der Waals surface area contributed by atoms with Crippen LogP contribution in [0.4, 0.5) is 0 Å². The smallest absolute Gasteiger partial charge is 0.123 e. The number of rotatable bonds is 10. The van der Waals surface area contributed by atoms with E-state index in [1.807, 2.05) is 4.57 Å². The quantitative estimate of drug-likeness (QED) is 0.379. The molecule has 2 unspecified atom stereocenters. The van der Waals surface area contributed by atoms with Crippen molar-refractivity contribution < 1.29 is 4.74 Å². The monoisotopic (exact) mass is 458 g/mol. The summed E-state index contributed by atoms with van der Waals surface area (Å²) in [6.07, 6.45) is 9.05. The lowest BCUT2D eigenvalue weighted by Crippen LogP contribution is -2.52. The summed E-state index contributed by atoms with van der Waals surface area (Å²) >= 11 is 0. The Labute approximate surface area is 201 Å². The maximum absolute atomic E-state index is 5.59. The maximum Gasteiger partial charge on any atom is 0.123 e. The lowest BCUT2D eigenvalue weighted by Gasteiger charge is -2.38. The van der Waals surface area contributed by atoms with Crippen molar-refractivity contribution in [2.24, 2.45) is 0 Å². The molecule has 1 aliphatic heterocycles. The highest BCUT2D eigenvalue weighted by Crippen LogP contribution is 2.25. The third-order valence-corrected chi connectivity index (χ3v) is 7.02. The third kappa shape index (κ3) is 5.22. The van der Waals surface area contributed by atoms with Crippen LogP contribution >= 0.6 is 0 Å². The number of aromatic amines is 1. The van der Waals surface area contributed by atoms with Gasteiger partial charge in [-0.3, -0.25) is 9.47 Å². The van der Waals surface area contributed by atoms with Gasteiger partial charge in [-0.25, -0.2) is 0 Å². The molecule has 7 nitrogen and oxygen atoms in total. The first-order valence-corrected chi connectivity index (χ1v) is 12.3. The molecule has 2 aromatic heterocycles. The highest BCUT2D eigenvalue weighted by Gasteiger charge is 2.25. The van der Waals surface area contributed by atoms with Crippen LogP contribution in [-0.4, -0.2) is 70.6 Å². The second-order valence-corrected chi connectivity index (χ2v) is 9.22. The molecule has 0 radical (unpaired) electrons. The van der Waals surface area contributed by atoms with Crippen molar-refractivity contribution in [3.63, 3.8) is 0 Å². The fraction of sp³-hybridized carbons (Fsp3) is 0.407. The molecule has 0 spiro atoms. The Morgan fingerprint density at radius 3 is 2.79 bits per heavy atom. The standard InChI is InChI=1S/C27H34N6O/c1-34-18-23(21-6-3-2-4-7-21)17-32-13-12-28-16-25(32)9-5-8-22-15-29-27-11-10-24(14-26(22)27)33-19-30-31-20-33/h2-4,6-7,10-11,14-15,19-20,23,25,28-29H,5,8-9,12-13,16-18H2,1H3. The Morgan fingerprint density at radius 2 is 1.97 bits per heavy atom. The summed E-state index contributed by atoms with van der Waals surface area (Å²) in [5, 5.41) is 12.8. The van der Waals surface area contributed by atoms with Gasteiger partial charge in [-0.2, -0.15) is 0 Å². The summed E-state index contributed by atoms with van der Waals surface area (Å²) in [4.78, 5) is 6.11. The van der Waals surface area contributed by atoms with Crippen molar-refractivity contribution in [1.82, 2.24) is 30.0 Å². The number of fused-ring (bicyclic) bond motifs is 1. The number of ether oxygens (including phenoxy) is 1. The predicted molar refractivity (Wildman–Crippen MR) is 135 cm³/mol. The van der Waals surface area contributed by atoms with Crippen molar-refractivity contribution >= 4 is 10.9 Å². The lowest BCUT2D eigenvalue weighted by atomic mass is 9.96. The van der Waals surface area contributed by atoms with Gasteiger partial charge in [-0.1, -0.05) is 30.3 Å². The molecule has 5 rings (SSSR count). The van der Waals surface area contributed by atoms with Crippen LogP contribution in [0.2, 0.25) is 0 Å². The van der Waals surface area contributed by atoms with Gasteiger partial charge in [0.1, 0.15) is 12.7 Å². The van der Waals surface area contributed by atoms with Gasteiger partial charge >= 0.3 is 0 Å². The summed E-state index contributed by atoms with van der Waals surface area (Å²) < 4.78 is 7.54. The normalized spacial score (nSPS) is 17.9. The molecule has 0 amide bonds. The molecule has 2 atom stereocenters. The first-order chi connectivity index (χ1) is 16.8. The van der Waals surface area contributed by atoms with Crippen molar-refractivity contribution in [3.05, 3.63) is 78.5 Å². The number of hydrogen-bond donors (Lipinski definition) is 2. The van der Waals surface area contributed by atoms with Crippen LogP contribution in [0.25, 0.3) is 16.6 Å². The van der Waals surface area contributed by atoms with Gasteiger partial charge in [0.15, 0.2) is 0 Å². The van der Waals surface area contributed by atoms with E-state index in [9.17, 15) is 0 Å². The van der Waals surface area contributed by atoms with E-state index in [0.717, 1.165) is 51.3 Å². The molecule has 2 aromatic carbocycles. The Kier molecular flexibility index (Phi) is 7.34. The van der Waals surface area contributed by atoms with Gasteiger partial charge in [0.05, 0.1) is 6.61 Å². The minimum atomic E-state index is 0.400. The number of benzene rings is 2. The summed E-state index contributed by atoms with van der Waals surface area (Å²) in [5.41, 5.74) is 5.01. The predicted octanol–water partition coefficient (Wildman–Crippen LogP) is 3.78. The third-order valence-electron chi connectivity index (χ3n) is 7.02. The average molecular weight is 459 g/mol. The van der Waals surface area contributed by atoms with E-state index < -0.39 is 0 Å². The summed E-state index contributed by atoms with van der Waals surface area (Å²) in [6, 6.07) is 17.8. The van der Waals surface area contributed by atoms with Crippen LogP contribution in [0.3, 0.4) is 0 Å². The summed E-state index contributed by atoms with van der Waals surface area (Å²) in [6.45, 7) is 5.00. The van der Waals surface area contributed by atoms with Crippen LogP contribution in [0.1, 0.15) is 29.9 Å². The van der Waals surface area contributed by atoms with Crippen LogP contribution in [0.5, 0.6) is 0 Å². The zero-order valence-electron chi connectivity index (χ0n) is 19.9. The largest absolute Gasteiger partial charge is 0.384 e. The molecule has 0 aliphatic carbocycles. The zero-order chi connectivity index (χ0) is 23.2. The summed E-state index contributed by atoms with van der Waals surface area (Å²) in [7, 11) is 1.81. The van der Waals surface area contributed by atoms with Crippen LogP contribution in [0, 0.1) is 0 Å². The minimum absolute atomic E-state index is 0.400. The topological polar surface area (TPSA) is 71.0 Å². The van der Waals surface area contributed by atoms with E-state index in [0.29, 0.717) is 12.0 Å². The molecule has 3 heterocycles. The molecular formula is C27H34N6O. The lowest BCUT2D eigenvalue weighted by molar-refractivity contribution is 0.110. The van der Waals surface area contributed by atoms with E-state index in [1.54, 1.807) is 19.8 Å². The molecule has 2 N–H and O–H groups in total. The highest BCUT2D eigenvalue weighted by molar-refractivity contribution is 5.85. The maximum atomic E-state index is 5.59. The number of aromatic nitrogens is 4. The number of hydrogen-bond acceptors (Lipinski definition) is 5. The first-order valence-electron chi connectivity index (χ1n) is 12.3. The van der Waals surface area contributed by atoms with Crippen molar-refractivity contribution in [1.29, 1.82) is 0 Å². The van der Waals surface area contributed by atoms with E-state index in [4.69, 9.17) is 4.74 Å². The number of nitrogens with zero attached hydrogens (tertiary/aromatic N) is 4. The van der Waals surface area contributed by atoms with E-state index in [2.05, 4.69) is 80.1 Å². The number of H-pyrrole nitrogens is 1. The van der Waals surface area contributed by atoms with Crippen LogP contribution in [0.15, 0.2) is 67.4 Å². The fourth-order valence-electron chi connectivity index (χ4n) is 5.19. The van der Waals surface area contributed by atoms with Gasteiger partial charge in [-0.05, 0) is 48.6 Å². The second kappa shape index (κ2) is 11.0. The molecule has 1 saturated heterocycles. The van der Waals surface area contributed by atoms with Crippen LogP contribution in [-0.2, 0) is 11.2 Å². The molecule has 0 saturated carbocycles. The van der Waals surface area contributed by atoms with Gasteiger partial charge in [0, 0.05) is 68.0 Å². The zero-order valence-corrected chi connectivity index (χ0v) is 19.9. The Hall–Kier alpha value is -3.00. The van der Waals surface area contributed by atoms with Crippen LogP contribution < -0.4 is 5.32 Å². The van der Waals surface area contributed by atoms with Gasteiger partial charge in [0.2, 0.25) is 0 Å². The SMILES string of the molecule is COCC(CN1CCNCC1CCCc1c[nH]c2ccc(-n3cnnc3)cc12)c1ccccc1. The van der Waals surface area contributed by atoms with Crippen molar-refractivity contribution in [2.45, 2.75) is 31.2 Å². The number of piperazine rings is 1. The molecule has 178 valence electrons. The molecule has 1 aliphatic rings. The average Bonchev–Trinajstić information content (AvgIpc) is 3.56. The van der Waals surface area contributed by atoms with Crippen molar-refractivity contribution in [2.75, 3.05) is 39.9 Å². The second-order valence-electron chi connectivity index (χ2n) is 9.22. The number of methoxy groups -OCH3 is 1. The first kappa shape index (κ1) is 22.8. The molecule has 4 aromatic rings. The number of nitrogens with one attached hydrogen (secondary N) is 2. The molecule has 1 fully saturated rings. The van der Waals surface area contributed by atoms with Crippen molar-refractivity contribution in [3.8, 4) is 5.69 Å². The molecular weight excluding hydrogens is 424 g/mol. The van der Waals surface area contributed by atoms with Gasteiger partial charge in [0.25, 0.3) is 0 Å². The Balaban J connectivity index is 1.23. The van der Waals surface area contributed by atoms with Gasteiger partial charge < -0.3 is 15.0 Å². The van der Waals surface area contributed by atoms with E-state index in [-0.39, 0.29) is 0 Å². The van der Waals surface area contributed by atoms with E-state index >= 15 is 0 Å². The summed E-state index contributed by atoms with van der Waals surface area (Å²) in [5.74, 6) is 0.400. The molecule has 34 heavy (non-hydrogen) atoms. The fourth-order valence-corrected chi connectivity index (χ4v) is 5.19. The highest BCUT2D eigenvalue weighted by atomic mass is 16.5. The minimum Gasteiger partial charge on any atom is -0.384 e. The molecule has 0 bridgehead atoms. The Morgan fingerprint density at radius 1 is 1.12 bits per heavy atom. The van der Waals surface area contributed by atoms with Gasteiger partial charge in [-0.15, -0.1) is 10.2 Å². The van der Waals surface area contributed by atoms with E-state index in [1.165, 1.54) is 28.5 Å². The number of aryl methyl sites for hydroxylation is 1.